The van der Waals surface area contributed by atoms with E-state index in [2.05, 4.69) is 22.6 Å². The fourth-order valence-corrected chi connectivity index (χ4v) is 7.14. The standard InChI is InChI=1S/C32H18INO7/c33-19-14-12-17(13-15-19)30-31(26(35)21-8-1-2-9-22(21)27(31)36)25(18-6-5-7-20(16-18)34(39)40)32(41-30)28(37)23-10-3-4-11-24(23)29(32)38/h1-16,25,30H/t25-,30+/m1/s1. The first-order valence-electron chi connectivity index (χ1n) is 12.8. The number of carbonyl (C=O) groups is 4. The van der Waals surface area contributed by atoms with Gasteiger partial charge >= 0.3 is 0 Å². The predicted molar refractivity (Wildman–Crippen MR) is 154 cm³/mol. The Bertz CT molecular complexity index is 1790. The van der Waals surface area contributed by atoms with E-state index in [0.29, 0.717) is 5.56 Å². The largest absolute Gasteiger partial charge is 0.348 e. The summed E-state index contributed by atoms with van der Waals surface area (Å²) in [5.41, 5.74) is -3.61. The Kier molecular flexibility index (Phi) is 5.51. The number of benzene rings is 4. The number of nitro benzene ring substituents is 1. The average molecular weight is 655 g/mol. The molecule has 41 heavy (non-hydrogen) atoms. The summed E-state index contributed by atoms with van der Waals surface area (Å²) in [4.78, 5) is 69.3. The molecule has 0 saturated carbocycles. The lowest BCUT2D eigenvalue weighted by molar-refractivity contribution is -0.384. The Morgan fingerprint density at radius 3 is 1.68 bits per heavy atom. The third kappa shape index (κ3) is 3.18. The summed E-state index contributed by atoms with van der Waals surface area (Å²) >= 11 is 2.12. The lowest BCUT2D eigenvalue weighted by atomic mass is 9.60. The Morgan fingerprint density at radius 2 is 1.17 bits per heavy atom. The number of carbonyl (C=O) groups excluding carboxylic acids is 4. The van der Waals surface area contributed by atoms with Crippen LogP contribution in [0.2, 0.25) is 0 Å². The SMILES string of the molecule is O=C1c2ccccc2C(=O)C12O[C@@H](c1ccc(I)cc1)C1(C(=O)c3ccccc3C1=O)[C@H]2c1cccc([N+](=O)[O-])c1. The molecule has 3 aliphatic rings. The highest BCUT2D eigenvalue weighted by atomic mass is 127. The summed E-state index contributed by atoms with van der Waals surface area (Å²) in [5.74, 6) is -4.03. The van der Waals surface area contributed by atoms with Crippen LogP contribution >= 0.6 is 22.6 Å². The summed E-state index contributed by atoms with van der Waals surface area (Å²) < 4.78 is 7.49. The molecule has 4 aromatic carbocycles. The molecule has 200 valence electrons. The Hall–Kier alpha value is -4.35. The molecule has 2 spiro atoms. The van der Waals surface area contributed by atoms with Gasteiger partial charge in [0, 0.05) is 38.0 Å². The van der Waals surface area contributed by atoms with Gasteiger partial charge in [0.1, 0.15) is 11.5 Å². The fraction of sp³-hybridized carbons (Fsp3) is 0.125. The van der Waals surface area contributed by atoms with Crippen LogP contribution in [0.25, 0.3) is 0 Å². The van der Waals surface area contributed by atoms with Crippen LogP contribution in [0.1, 0.15) is 64.6 Å². The molecular formula is C32H18INO7. The lowest BCUT2D eigenvalue weighted by Gasteiger charge is -2.34. The molecule has 2 aliphatic carbocycles. The van der Waals surface area contributed by atoms with Crippen LogP contribution in [-0.4, -0.2) is 33.7 Å². The van der Waals surface area contributed by atoms with E-state index in [-0.39, 0.29) is 33.5 Å². The zero-order valence-electron chi connectivity index (χ0n) is 21.1. The zero-order valence-corrected chi connectivity index (χ0v) is 23.2. The highest BCUT2D eigenvalue weighted by Gasteiger charge is 2.79. The van der Waals surface area contributed by atoms with E-state index in [1.807, 2.05) is 0 Å². The second kappa shape index (κ2) is 8.82. The number of ketones is 4. The van der Waals surface area contributed by atoms with Crippen LogP contribution in [0.5, 0.6) is 0 Å². The highest BCUT2D eigenvalue weighted by Crippen LogP contribution is 2.68. The number of fused-ring (bicyclic) bond motifs is 2. The van der Waals surface area contributed by atoms with Crippen molar-refractivity contribution in [1.82, 2.24) is 0 Å². The number of nitrogens with zero attached hydrogens (tertiary/aromatic N) is 1. The molecule has 2 atom stereocenters. The fourth-order valence-electron chi connectivity index (χ4n) is 6.78. The zero-order chi connectivity index (χ0) is 28.7. The monoisotopic (exact) mass is 655 g/mol. The minimum atomic E-state index is -2.31. The summed E-state index contributed by atoms with van der Waals surface area (Å²) in [6.45, 7) is 0. The van der Waals surface area contributed by atoms with Crippen molar-refractivity contribution < 1.29 is 28.8 Å². The van der Waals surface area contributed by atoms with Gasteiger partial charge in [0.15, 0.2) is 11.6 Å². The molecule has 1 heterocycles. The summed E-state index contributed by atoms with van der Waals surface area (Å²) in [5, 5.41) is 11.8. The van der Waals surface area contributed by atoms with Gasteiger partial charge in [0.2, 0.25) is 17.2 Å². The van der Waals surface area contributed by atoms with E-state index >= 15 is 0 Å². The van der Waals surface area contributed by atoms with Gasteiger partial charge < -0.3 is 4.74 Å². The van der Waals surface area contributed by atoms with E-state index < -0.39 is 51.1 Å². The van der Waals surface area contributed by atoms with Gasteiger partial charge in [0.05, 0.1) is 10.8 Å². The van der Waals surface area contributed by atoms with Crippen molar-refractivity contribution in [3.8, 4) is 0 Å². The van der Waals surface area contributed by atoms with Crippen molar-refractivity contribution in [3.63, 3.8) is 0 Å². The number of halogens is 1. The molecule has 0 bridgehead atoms. The van der Waals surface area contributed by atoms with Gasteiger partial charge in [-0.2, -0.15) is 0 Å². The maximum Gasteiger partial charge on any atom is 0.269 e. The number of non-ortho nitro benzene ring substituents is 1. The number of hydrogen-bond acceptors (Lipinski definition) is 7. The van der Waals surface area contributed by atoms with Gasteiger partial charge in [-0.1, -0.05) is 72.8 Å². The first kappa shape index (κ1) is 25.6. The van der Waals surface area contributed by atoms with Crippen molar-refractivity contribution in [2.45, 2.75) is 17.6 Å². The third-order valence-electron chi connectivity index (χ3n) is 8.43. The predicted octanol–water partition coefficient (Wildman–Crippen LogP) is 5.94. The molecule has 0 N–H and O–H groups in total. The maximum absolute atomic E-state index is 14.7. The van der Waals surface area contributed by atoms with E-state index in [0.717, 1.165) is 3.57 Å². The molecule has 0 unspecified atom stereocenters. The van der Waals surface area contributed by atoms with E-state index in [1.165, 1.54) is 48.5 Å². The van der Waals surface area contributed by atoms with Crippen molar-refractivity contribution in [2.75, 3.05) is 0 Å². The van der Waals surface area contributed by atoms with Gasteiger partial charge in [-0.15, -0.1) is 0 Å². The van der Waals surface area contributed by atoms with Crippen LogP contribution in [0.15, 0.2) is 97.1 Å². The van der Waals surface area contributed by atoms with Crippen LogP contribution in [0.4, 0.5) is 5.69 Å². The molecule has 0 aromatic heterocycles. The Morgan fingerprint density at radius 1 is 0.659 bits per heavy atom. The normalized spacial score (nSPS) is 21.5. The number of Topliss-reactive ketones (excluding diaryl/α,β-unsaturated/α-hetero) is 4. The first-order chi connectivity index (χ1) is 19.7. The average Bonchev–Trinajstić information content (AvgIpc) is 3.51. The number of nitro groups is 1. The number of hydrogen-bond donors (Lipinski definition) is 0. The Labute approximate surface area is 246 Å². The van der Waals surface area contributed by atoms with Crippen LogP contribution in [-0.2, 0) is 4.74 Å². The molecule has 7 rings (SSSR count). The Balaban J connectivity index is 1.60. The molecule has 1 aliphatic heterocycles. The van der Waals surface area contributed by atoms with Crippen LogP contribution in [0, 0.1) is 19.1 Å². The summed E-state index contributed by atoms with van der Waals surface area (Å²) in [7, 11) is 0. The molecule has 0 radical (unpaired) electrons. The van der Waals surface area contributed by atoms with E-state index in [4.69, 9.17) is 4.74 Å². The van der Waals surface area contributed by atoms with E-state index in [9.17, 15) is 29.3 Å². The number of ether oxygens (including phenoxy) is 1. The summed E-state index contributed by atoms with van der Waals surface area (Å²) in [6.07, 6.45) is -1.33. The summed E-state index contributed by atoms with van der Waals surface area (Å²) in [6, 6.07) is 25.0. The van der Waals surface area contributed by atoms with Crippen LogP contribution in [0.3, 0.4) is 0 Å². The maximum atomic E-state index is 14.7. The molecule has 1 fully saturated rings. The van der Waals surface area contributed by atoms with Crippen molar-refractivity contribution in [1.29, 1.82) is 0 Å². The second-order valence-electron chi connectivity index (χ2n) is 10.3. The van der Waals surface area contributed by atoms with Gasteiger partial charge in [0.25, 0.3) is 5.69 Å². The smallest absolute Gasteiger partial charge is 0.269 e. The quantitative estimate of drug-likeness (QED) is 0.116. The minimum Gasteiger partial charge on any atom is -0.348 e. The molecule has 0 amide bonds. The molecule has 9 heteroatoms. The van der Waals surface area contributed by atoms with Crippen LogP contribution < -0.4 is 0 Å². The molecule has 8 nitrogen and oxygen atoms in total. The third-order valence-corrected chi connectivity index (χ3v) is 9.14. The van der Waals surface area contributed by atoms with Crippen molar-refractivity contribution in [3.05, 3.63) is 144 Å². The van der Waals surface area contributed by atoms with Crippen molar-refractivity contribution >= 4 is 51.4 Å². The molecule has 4 aromatic rings. The first-order valence-corrected chi connectivity index (χ1v) is 13.9. The molecular weight excluding hydrogens is 637 g/mol. The van der Waals surface area contributed by atoms with Gasteiger partial charge in [-0.25, -0.2) is 0 Å². The van der Waals surface area contributed by atoms with Gasteiger partial charge in [-0.3, -0.25) is 29.3 Å². The van der Waals surface area contributed by atoms with E-state index in [1.54, 1.807) is 48.5 Å². The molecule has 1 saturated heterocycles. The lowest BCUT2D eigenvalue weighted by Crippen LogP contribution is -2.51. The highest BCUT2D eigenvalue weighted by molar-refractivity contribution is 14.1. The van der Waals surface area contributed by atoms with Crippen molar-refractivity contribution in [2.24, 2.45) is 5.41 Å². The second-order valence-corrected chi connectivity index (χ2v) is 11.6. The van der Waals surface area contributed by atoms with Gasteiger partial charge in [-0.05, 0) is 45.9 Å². The number of rotatable bonds is 3. The topological polar surface area (TPSA) is 121 Å². The minimum absolute atomic E-state index is 0.113.